The van der Waals surface area contributed by atoms with E-state index in [0.717, 1.165) is 23.5 Å². The van der Waals surface area contributed by atoms with E-state index >= 15 is 0 Å². The number of benzene rings is 2. The first-order chi connectivity index (χ1) is 9.69. The maximum Gasteiger partial charge on any atom is 0.135 e. The summed E-state index contributed by atoms with van der Waals surface area (Å²) in [5.41, 5.74) is 3.27. The van der Waals surface area contributed by atoms with Crippen LogP contribution in [0.4, 0.5) is 0 Å². The Morgan fingerprint density at radius 1 is 1.05 bits per heavy atom. The summed E-state index contributed by atoms with van der Waals surface area (Å²) >= 11 is 3.83. The molecule has 0 radical (unpaired) electrons. The Balaban J connectivity index is 2.03. The van der Waals surface area contributed by atoms with Crippen molar-refractivity contribution in [1.82, 2.24) is 0 Å². The number of rotatable bonds is 4. The number of alkyl halides is 1. The van der Waals surface area contributed by atoms with E-state index in [1.807, 2.05) is 12.1 Å². The summed E-state index contributed by atoms with van der Waals surface area (Å²) in [6.45, 7) is 4.55. The van der Waals surface area contributed by atoms with Crippen LogP contribution in [-0.4, -0.2) is 0 Å². The third-order valence-electron chi connectivity index (χ3n) is 4.07. The minimum Gasteiger partial charge on any atom is -0.456 e. The van der Waals surface area contributed by atoms with E-state index in [4.69, 9.17) is 4.42 Å². The van der Waals surface area contributed by atoms with Gasteiger partial charge in [-0.15, -0.1) is 0 Å². The van der Waals surface area contributed by atoms with Gasteiger partial charge in [0, 0.05) is 15.6 Å². The average Bonchev–Trinajstić information content (AvgIpc) is 2.84. The number of hydrogen-bond donors (Lipinski definition) is 0. The molecule has 0 saturated heterocycles. The van der Waals surface area contributed by atoms with E-state index in [-0.39, 0.29) is 0 Å². The van der Waals surface area contributed by atoms with Crippen molar-refractivity contribution in [2.75, 3.05) is 0 Å². The van der Waals surface area contributed by atoms with Gasteiger partial charge in [-0.2, -0.15) is 0 Å². The molecular weight excluding hydrogens is 312 g/mol. The third-order valence-corrected chi connectivity index (χ3v) is 4.97. The molecule has 0 aliphatic carbocycles. The normalized spacial score (nSPS) is 14.8. The van der Waals surface area contributed by atoms with Crippen LogP contribution in [0.1, 0.15) is 37.1 Å². The summed E-state index contributed by atoms with van der Waals surface area (Å²) in [7, 11) is 0. The third kappa shape index (κ3) is 2.49. The summed E-state index contributed by atoms with van der Waals surface area (Å²) in [5.74, 6) is 0.733. The lowest BCUT2D eigenvalue weighted by molar-refractivity contribution is 0.514. The fraction of sp³-hybridized carbons (Fsp3) is 0.333. The first-order valence-corrected chi connectivity index (χ1v) is 8.16. The average molecular weight is 331 g/mol. The van der Waals surface area contributed by atoms with Gasteiger partial charge in [0.05, 0.1) is 0 Å². The lowest BCUT2D eigenvalue weighted by Gasteiger charge is -2.14. The Labute approximate surface area is 128 Å². The summed E-state index contributed by atoms with van der Waals surface area (Å²) in [4.78, 5) is 0.413. The summed E-state index contributed by atoms with van der Waals surface area (Å²) in [5, 5.41) is 2.42. The smallest absolute Gasteiger partial charge is 0.135 e. The molecule has 1 heterocycles. The zero-order chi connectivity index (χ0) is 14.1. The molecule has 1 nitrogen and oxygen atoms in total. The van der Waals surface area contributed by atoms with Crippen LogP contribution in [0.2, 0.25) is 0 Å². The molecule has 0 saturated carbocycles. The van der Waals surface area contributed by atoms with Crippen LogP contribution < -0.4 is 0 Å². The van der Waals surface area contributed by atoms with Crippen LogP contribution in [0.5, 0.6) is 0 Å². The lowest BCUT2D eigenvalue weighted by Crippen LogP contribution is -1.98. The maximum atomic E-state index is 5.87. The Kier molecular flexibility index (Phi) is 3.84. The Morgan fingerprint density at radius 2 is 1.80 bits per heavy atom. The molecule has 1 aromatic heterocycles. The fourth-order valence-electron chi connectivity index (χ4n) is 2.59. The van der Waals surface area contributed by atoms with Gasteiger partial charge < -0.3 is 4.42 Å². The largest absolute Gasteiger partial charge is 0.456 e. The van der Waals surface area contributed by atoms with Gasteiger partial charge in [0.1, 0.15) is 11.2 Å². The van der Waals surface area contributed by atoms with E-state index in [1.165, 1.54) is 22.8 Å². The maximum absolute atomic E-state index is 5.87. The number of furan rings is 1. The van der Waals surface area contributed by atoms with Crippen molar-refractivity contribution in [3.8, 4) is 0 Å². The van der Waals surface area contributed by atoms with Crippen molar-refractivity contribution in [1.29, 1.82) is 0 Å². The molecule has 2 heteroatoms. The standard InChI is InChI=1S/C18H19BrO/c1-3-12(2)10-16(19)13-8-9-18-15(11-13)14-6-4-5-7-17(14)20-18/h4-9,11-12,16H,3,10H2,1-2H3. The number of halogens is 1. The predicted molar refractivity (Wildman–Crippen MR) is 89.5 cm³/mol. The van der Waals surface area contributed by atoms with E-state index in [1.54, 1.807) is 0 Å². The molecule has 0 amide bonds. The fourth-order valence-corrected chi connectivity index (χ4v) is 3.52. The first kappa shape index (κ1) is 13.7. The highest BCUT2D eigenvalue weighted by atomic mass is 79.9. The topological polar surface area (TPSA) is 13.1 Å². The van der Waals surface area contributed by atoms with E-state index in [2.05, 4.69) is 60.1 Å². The minimum absolute atomic E-state index is 0.413. The Bertz CT molecular complexity index is 728. The van der Waals surface area contributed by atoms with Gasteiger partial charge in [-0.1, -0.05) is 60.5 Å². The summed E-state index contributed by atoms with van der Waals surface area (Å²) in [6.07, 6.45) is 2.39. The van der Waals surface area contributed by atoms with Crippen LogP contribution in [0, 0.1) is 5.92 Å². The molecule has 3 aromatic rings. The second kappa shape index (κ2) is 5.61. The van der Waals surface area contributed by atoms with Gasteiger partial charge >= 0.3 is 0 Å². The van der Waals surface area contributed by atoms with Crippen molar-refractivity contribution < 1.29 is 4.42 Å². The molecule has 20 heavy (non-hydrogen) atoms. The zero-order valence-corrected chi connectivity index (χ0v) is 13.5. The van der Waals surface area contributed by atoms with Crippen molar-refractivity contribution in [3.05, 3.63) is 48.0 Å². The van der Waals surface area contributed by atoms with Crippen LogP contribution in [0.3, 0.4) is 0 Å². The monoisotopic (exact) mass is 330 g/mol. The number of hydrogen-bond acceptors (Lipinski definition) is 1. The van der Waals surface area contributed by atoms with Crippen LogP contribution >= 0.6 is 15.9 Å². The molecule has 0 N–H and O–H groups in total. The molecule has 2 atom stereocenters. The van der Waals surface area contributed by atoms with E-state index in [9.17, 15) is 0 Å². The molecule has 104 valence electrons. The molecule has 0 fully saturated rings. The van der Waals surface area contributed by atoms with Gasteiger partial charge in [0.25, 0.3) is 0 Å². The molecule has 0 spiro atoms. The van der Waals surface area contributed by atoms with Gasteiger partial charge in [0.2, 0.25) is 0 Å². The SMILES string of the molecule is CCC(C)CC(Br)c1ccc2oc3ccccc3c2c1. The van der Waals surface area contributed by atoms with E-state index < -0.39 is 0 Å². The predicted octanol–water partition coefficient (Wildman–Crippen LogP) is 6.46. The lowest BCUT2D eigenvalue weighted by atomic mass is 9.98. The van der Waals surface area contributed by atoms with Crippen molar-refractivity contribution in [2.24, 2.45) is 5.92 Å². The van der Waals surface area contributed by atoms with Crippen LogP contribution in [-0.2, 0) is 0 Å². The number of para-hydroxylation sites is 1. The Hall–Kier alpha value is -1.28. The second-order valence-corrected chi connectivity index (χ2v) is 6.68. The first-order valence-electron chi connectivity index (χ1n) is 7.24. The van der Waals surface area contributed by atoms with Gasteiger partial charge in [0.15, 0.2) is 0 Å². The van der Waals surface area contributed by atoms with Gasteiger partial charge in [-0.05, 0) is 36.1 Å². The molecule has 0 aliphatic rings. The Morgan fingerprint density at radius 3 is 2.60 bits per heavy atom. The number of fused-ring (bicyclic) bond motifs is 3. The molecule has 2 aromatic carbocycles. The van der Waals surface area contributed by atoms with Crippen LogP contribution in [0.25, 0.3) is 21.9 Å². The van der Waals surface area contributed by atoms with Gasteiger partial charge in [-0.3, -0.25) is 0 Å². The molecule has 2 unspecified atom stereocenters. The van der Waals surface area contributed by atoms with Crippen molar-refractivity contribution in [2.45, 2.75) is 31.5 Å². The van der Waals surface area contributed by atoms with Crippen molar-refractivity contribution in [3.63, 3.8) is 0 Å². The molecular formula is C18H19BrO. The summed E-state index contributed by atoms with van der Waals surface area (Å²) in [6, 6.07) is 14.8. The molecule has 3 rings (SSSR count). The summed E-state index contributed by atoms with van der Waals surface area (Å²) < 4.78 is 5.87. The highest BCUT2D eigenvalue weighted by Crippen LogP contribution is 2.35. The zero-order valence-electron chi connectivity index (χ0n) is 11.9. The van der Waals surface area contributed by atoms with Gasteiger partial charge in [-0.25, -0.2) is 0 Å². The molecule has 0 bridgehead atoms. The quantitative estimate of drug-likeness (QED) is 0.500. The second-order valence-electron chi connectivity index (χ2n) is 5.57. The minimum atomic E-state index is 0.413. The molecule has 0 aliphatic heterocycles. The van der Waals surface area contributed by atoms with E-state index in [0.29, 0.717) is 4.83 Å². The highest BCUT2D eigenvalue weighted by Gasteiger charge is 2.14. The highest BCUT2D eigenvalue weighted by molar-refractivity contribution is 9.09. The van der Waals surface area contributed by atoms with Crippen molar-refractivity contribution >= 4 is 37.9 Å². The van der Waals surface area contributed by atoms with Crippen LogP contribution in [0.15, 0.2) is 46.9 Å².